The number of benzene rings is 1. The maximum absolute atomic E-state index is 13.0. The van der Waals surface area contributed by atoms with E-state index in [4.69, 9.17) is 23.2 Å². The summed E-state index contributed by atoms with van der Waals surface area (Å²) in [5, 5.41) is 13.1. The van der Waals surface area contributed by atoms with Crippen LogP contribution in [0.2, 0.25) is 10.0 Å². The van der Waals surface area contributed by atoms with Crippen LogP contribution in [0.4, 0.5) is 0 Å². The molecular formula is C20H20Cl2N6OS. The summed E-state index contributed by atoms with van der Waals surface area (Å²) in [5.74, 6) is 0.194. The minimum absolute atomic E-state index is 0.176. The average Bonchev–Trinajstić information content (AvgIpc) is 3.17. The van der Waals surface area contributed by atoms with Crippen LogP contribution in [-0.4, -0.2) is 36.9 Å². The Labute approximate surface area is 188 Å². The molecule has 156 valence electrons. The van der Waals surface area contributed by atoms with Gasteiger partial charge in [0.2, 0.25) is 0 Å². The van der Waals surface area contributed by atoms with Gasteiger partial charge in [0.1, 0.15) is 0 Å². The Hall–Kier alpha value is -2.16. The number of hydrogen-bond donors (Lipinski definition) is 1. The molecule has 1 saturated carbocycles. The lowest BCUT2D eigenvalue weighted by molar-refractivity contribution is 0.0922. The van der Waals surface area contributed by atoms with Gasteiger partial charge in [0, 0.05) is 34.2 Å². The number of nitrogens with zero attached hydrogens (tertiary/aromatic N) is 5. The van der Waals surface area contributed by atoms with Crippen molar-refractivity contribution in [1.29, 1.82) is 0 Å². The lowest BCUT2D eigenvalue weighted by Crippen LogP contribution is -2.36. The van der Waals surface area contributed by atoms with Crippen LogP contribution in [0.3, 0.4) is 0 Å². The number of rotatable bonds is 6. The van der Waals surface area contributed by atoms with E-state index in [0.717, 1.165) is 25.7 Å². The first-order chi connectivity index (χ1) is 14.6. The van der Waals surface area contributed by atoms with Crippen molar-refractivity contribution in [2.75, 3.05) is 0 Å². The molecule has 1 amide bonds. The van der Waals surface area contributed by atoms with E-state index in [-0.39, 0.29) is 11.9 Å². The van der Waals surface area contributed by atoms with Crippen molar-refractivity contribution in [3.8, 4) is 5.69 Å². The fourth-order valence-electron chi connectivity index (χ4n) is 3.47. The Kier molecular flexibility index (Phi) is 6.86. The maximum atomic E-state index is 13.0. The number of aromatic nitrogens is 5. The summed E-state index contributed by atoms with van der Waals surface area (Å²) in [6.45, 7) is 0. The van der Waals surface area contributed by atoms with Crippen molar-refractivity contribution in [2.45, 2.75) is 49.1 Å². The molecule has 2 aromatic heterocycles. The zero-order chi connectivity index (χ0) is 20.9. The minimum Gasteiger partial charge on any atom is -0.348 e. The number of thioether (sulfide) groups is 1. The molecule has 0 spiro atoms. The summed E-state index contributed by atoms with van der Waals surface area (Å²) in [7, 11) is 0. The monoisotopic (exact) mass is 462 g/mol. The average molecular weight is 463 g/mol. The van der Waals surface area contributed by atoms with Crippen LogP contribution in [0.5, 0.6) is 0 Å². The zero-order valence-corrected chi connectivity index (χ0v) is 18.4. The van der Waals surface area contributed by atoms with Crippen molar-refractivity contribution < 1.29 is 4.79 Å². The molecule has 1 aliphatic rings. The van der Waals surface area contributed by atoms with Gasteiger partial charge in [-0.25, -0.2) is 14.6 Å². The van der Waals surface area contributed by atoms with Crippen LogP contribution in [-0.2, 0) is 5.75 Å². The second-order valence-corrected chi connectivity index (χ2v) is 8.87. The standard InChI is InChI=1S/C20H20Cl2N6OS/c21-13-9-14(22)11-16(10-13)28-17(12-30-20-23-7-4-8-24-20)18(26-27-28)19(29)25-15-5-2-1-3-6-15/h4,7-11,15H,1-3,5-6,12H2,(H,25,29). The molecule has 1 aromatic carbocycles. The van der Waals surface area contributed by atoms with E-state index in [1.54, 1.807) is 41.3 Å². The van der Waals surface area contributed by atoms with Gasteiger partial charge in [0.05, 0.1) is 11.4 Å². The molecule has 30 heavy (non-hydrogen) atoms. The number of halogens is 2. The van der Waals surface area contributed by atoms with Gasteiger partial charge in [-0.15, -0.1) is 5.10 Å². The zero-order valence-electron chi connectivity index (χ0n) is 16.1. The minimum atomic E-state index is -0.217. The number of carbonyl (C=O) groups is 1. The molecule has 7 nitrogen and oxygen atoms in total. The highest BCUT2D eigenvalue weighted by Gasteiger charge is 2.24. The fraction of sp³-hybridized carbons (Fsp3) is 0.350. The normalized spacial score (nSPS) is 14.6. The van der Waals surface area contributed by atoms with Gasteiger partial charge in [-0.2, -0.15) is 0 Å². The summed E-state index contributed by atoms with van der Waals surface area (Å²) < 4.78 is 1.60. The van der Waals surface area contributed by atoms with Crippen LogP contribution in [0.25, 0.3) is 5.69 Å². The van der Waals surface area contributed by atoms with E-state index in [1.807, 2.05) is 0 Å². The summed E-state index contributed by atoms with van der Waals surface area (Å²) in [6.07, 6.45) is 8.82. The Bertz CT molecular complexity index is 1000. The van der Waals surface area contributed by atoms with Crippen LogP contribution >= 0.6 is 35.0 Å². The third-order valence-corrected chi connectivity index (χ3v) is 6.21. The Balaban J connectivity index is 1.64. The van der Waals surface area contributed by atoms with Crippen LogP contribution in [0, 0.1) is 0 Å². The number of amides is 1. The van der Waals surface area contributed by atoms with E-state index in [0.29, 0.717) is 38.0 Å². The molecule has 3 aromatic rings. The van der Waals surface area contributed by atoms with Gasteiger partial charge < -0.3 is 5.32 Å². The first kappa shape index (κ1) is 21.1. The van der Waals surface area contributed by atoms with Crippen LogP contribution in [0.1, 0.15) is 48.3 Å². The van der Waals surface area contributed by atoms with Gasteiger partial charge in [-0.1, -0.05) is 59.4 Å². The Morgan fingerprint density at radius 2 is 1.80 bits per heavy atom. The Morgan fingerprint density at radius 1 is 1.10 bits per heavy atom. The number of nitrogens with one attached hydrogen (secondary N) is 1. The highest BCUT2D eigenvalue weighted by Crippen LogP contribution is 2.27. The largest absolute Gasteiger partial charge is 0.348 e. The molecule has 1 fully saturated rings. The maximum Gasteiger partial charge on any atom is 0.274 e. The van der Waals surface area contributed by atoms with Crippen molar-refractivity contribution in [3.05, 3.63) is 58.1 Å². The second kappa shape index (κ2) is 9.76. The second-order valence-electron chi connectivity index (χ2n) is 7.05. The molecule has 10 heteroatoms. The number of hydrogen-bond acceptors (Lipinski definition) is 6. The predicted molar refractivity (Wildman–Crippen MR) is 117 cm³/mol. The first-order valence-corrected chi connectivity index (χ1v) is 11.5. The molecule has 2 heterocycles. The molecule has 0 radical (unpaired) electrons. The van der Waals surface area contributed by atoms with Crippen LogP contribution in [0.15, 0.2) is 41.8 Å². The fourth-order valence-corrected chi connectivity index (χ4v) is 4.78. The molecule has 1 aliphatic carbocycles. The van der Waals surface area contributed by atoms with E-state index in [2.05, 4.69) is 25.6 Å². The molecule has 0 saturated heterocycles. The summed E-state index contributed by atoms with van der Waals surface area (Å²) in [5.41, 5.74) is 1.57. The summed E-state index contributed by atoms with van der Waals surface area (Å²) >= 11 is 13.8. The van der Waals surface area contributed by atoms with E-state index >= 15 is 0 Å². The predicted octanol–water partition coefficient (Wildman–Crippen LogP) is 4.72. The summed E-state index contributed by atoms with van der Waals surface area (Å²) in [4.78, 5) is 21.5. The van der Waals surface area contributed by atoms with Crippen molar-refractivity contribution in [2.24, 2.45) is 0 Å². The highest BCUT2D eigenvalue weighted by atomic mass is 35.5. The molecular weight excluding hydrogens is 443 g/mol. The van der Waals surface area contributed by atoms with Gasteiger partial charge in [-0.05, 0) is 37.1 Å². The molecule has 4 rings (SSSR count). The SMILES string of the molecule is O=C(NC1CCCCC1)c1nnn(-c2cc(Cl)cc(Cl)c2)c1CSc1ncccn1. The summed E-state index contributed by atoms with van der Waals surface area (Å²) in [6, 6.07) is 7.05. The lowest BCUT2D eigenvalue weighted by Gasteiger charge is -2.22. The molecule has 0 atom stereocenters. The van der Waals surface area contributed by atoms with E-state index in [1.165, 1.54) is 18.2 Å². The third kappa shape index (κ3) is 5.11. The third-order valence-electron chi connectivity index (χ3n) is 4.89. The van der Waals surface area contributed by atoms with E-state index in [9.17, 15) is 4.79 Å². The van der Waals surface area contributed by atoms with E-state index < -0.39 is 0 Å². The van der Waals surface area contributed by atoms with Gasteiger partial charge in [-0.3, -0.25) is 4.79 Å². The quantitative estimate of drug-likeness (QED) is 0.421. The highest BCUT2D eigenvalue weighted by molar-refractivity contribution is 7.98. The number of carbonyl (C=O) groups excluding carboxylic acids is 1. The van der Waals surface area contributed by atoms with Crippen molar-refractivity contribution >= 4 is 40.9 Å². The molecule has 1 N–H and O–H groups in total. The van der Waals surface area contributed by atoms with Crippen LogP contribution < -0.4 is 5.32 Å². The van der Waals surface area contributed by atoms with Gasteiger partial charge in [0.15, 0.2) is 10.9 Å². The van der Waals surface area contributed by atoms with Gasteiger partial charge in [0.25, 0.3) is 5.91 Å². The first-order valence-electron chi connectivity index (χ1n) is 9.72. The van der Waals surface area contributed by atoms with Gasteiger partial charge >= 0.3 is 0 Å². The van der Waals surface area contributed by atoms with Crippen molar-refractivity contribution in [1.82, 2.24) is 30.3 Å². The lowest BCUT2D eigenvalue weighted by atomic mass is 9.95. The topological polar surface area (TPSA) is 85.6 Å². The van der Waals surface area contributed by atoms with Crippen molar-refractivity contribution in [3.63, 3.8) is 0 Å². The smallest absolute Gasteiger partial charge is 0.274 e. The molecule has 0 unspecified atom stereocenters. The molecule has 0 aliphatic heterocycles. The molecule has 0 bridgehead atoms. The Morgan fingerprint density at radius 3 is 2.50 bits per heavy atom.